The first-order valence-electron chi connectivity index (χ1n) is 11.8. The second-order valence-corrected chi connectivity index (χ2v) is 11.4. The lowest BCUT2D eigenvalue weighted by Crippen LogP contribution is -2.31. The molecule has 4 aromatic rings. The van der Waals surface area contributed by atoms with E-state index in [1.165, 1.54) is 16.2 Å². The highest BCUT2D eigenvalue weighted by Gasteiger charge is 2.46. The molecule has 0 saturated carbocycles. The maximum Gasteiger partial charge on any atom is 0.296 e. The zero-order valence-corrected chi connectivity index (χ0v) is 22.0. The Kier molecular flexibility index (Phi) is 5.63. The SMILES string of the molecule is Cc1cc(C)c2nc(N3C(=O)C(O)=C(C(=O)c4ccc(C)o4)[C@@H]3c3ccc(C(C)(C)C)cc3)sc2c1. The molecule has 1 N–H and O–H groups in total. The van der Waals surface area contributed by atoms with Gasteiger partial charge in [0.15, 0.2) is 16.7 Å². The van der Waals surface area contributed by atoms with Gasteiger partial charge in [0.25, 0.3) is 5.91 Å². The van der Waals surface area contributed by atoms with Gasteiger partial charge >= 0.3 is 0 Å². The molecule has 184 valence electrons. The number of amides is 1. The third-order valence-electron chi connectivity index (χ3n) is 6.53. The van der Waals surface area contributed by atoms with Gasteiger partial charge in [-0.05, 0) is 66.6 Å². The van der Waals surface area contributed by atoms with Gasteiger partial charge in [-0.1, -0.05) is 62.4 Å². The maximum absolute atomic E-state index is 13.6. The molecule has 0 bridgehead atoms. The van der Waals surface area contributed by atoms with E-state index in [0.29, 0.717) is 16.5 Å². The van der Waals surface area contributed by atoms with Crippen molar-refractivity contribution >= 4 is 38.4 Å². The van der Waals surface area contributed by atoms with Crippen molar-refractivity contribution in [2.75, 3.05) is 4.90 Å². The molecule has 5 rings (SSSR count). The highest BCUT2D eigenvalue weighted by Crippen LogP contribution is 2.45. The summed E-state index contributed by atoms with van der Waals surface area (Å²) in [5, 5.41) is 11.4. The summed E-state index contributed by atoms with van der Waals surface area (Å²) in [6.07, 6.45) is 0. The molecule has 2 aromatic heterocycles. The molecular weight excluding hydrogens is 472 g/mol. The van der Waals surface area contributed by atoms with Crippen molar-refractivity contribution in [3.63, 3.8) is 0 Å². The zero-order chi connectivity index (χ0) is 25.9. The van der Waals surface area contributed by atoms with E-state index in [1.807, 2.05) is 50.2 Å². The van der Waals surface area contributed by atoms with Crippen LogP contribution >= 0.6 is 11.3 Å². The van der Waals surface area contributed by atoms with Gasteiger partial charge in [0.1, 0.15) is 5.76 Å². The molecule has 36 heavy (non-hydrogen) atoms. The van der Waals surface area contributed by atoms with E-state index in [9.17, 15) is 14.7 Å². The van der Waals surface area contributed by atoms with Crippen molar-refractivity contribution in [3.8, 4) is 0 Å². The minimum absolute atomic E-state index is 0.00924. The van der Waals surface area contributed by atoms with E-state index in [-0.39, 0.29) is 16.7 Å². The van der Waals surface area contributed by atoms with E-state index in [2.05, 4.69) is 20.8 Å². The number of benzene rings is 2. The minimum Gasteiger partial charge on any atom is -0.503 e. The van der Waals surface area contributed by atoms with E-state index >= 15 is 0 Å². The average molecular weight is 501 g/mol. The van der Waals surface area contributed by atoms with E-state index in [4.69, 9.17) is 9.40 Å². The molecule has 6 nitrogen and oxygen atoms in total. The van der Waals surface area contributed by atoms with Crippen LogP contribution in [0.1, 0.15) is 65.4 Å². The van der Waals surface area contributed by atoms with Gasteiger partial charge in [0, 0.05) is 0 Å². The van der Waals surface area contributed by atoms with Gasteiger partial charge < -0.3 is 9.52 Å². The predicted octanol–water partition coefficient (Wildman–Crippen LogP) is 6.89. The monoisotopic (exact) mass is 500 g/mol. The normalized spacial score (nSPS) is 16.4. The van der Waals surface area contributed by atoms with Crippen molar-refractivity contribution in [3.05, 3.63) is 93.6 Å². The fourth-order valence-corrected chi connectivity index (χ4v) is 5.83. The van der Waals surface area contributed by atoms with Gasteiger partial charge in [0.2, 0.25) is 5.78 Å². The number of furan rings is 1. The zero-order valence-electron chi connectivity index (χ0n) is 21.2. The Bertz CT molecular complexity index is 1550. The highest BCUT2D eigenvalue weighted by atomic mass is 32.1. The van der Waals surface area contributed by atoms with Crippen molar-refractivity contribution < 1.29 is 19.1 Å². The van der Waals surface area contributed by atoms with Gasteiger partial charge in [-0.2, -0.15) is 0 Å². The number of aromatic nitrogens is 1. The Morgan fingerprint density at radius 2 is 1.75 bits per heavy atom. The predicted molar refractivity (Wildman–Crippen MR) is 142 cm³/mol. The smallest absolute Gasteiger partial charge is 0.296 e. The minimum atomic E-state index is -0.841. The third-order valence-corrected chi connectivity index (χ3v) is 7.54. The standard InChI is InChI=1S/C29H28N2O4S/c1-15-13-16(2)23-21(14-15)36-28(30-23)31-24(18-8-10-19(11-9-18)29(4,5)6)22(26(33)27(31)34)25(32)20-12-7-17(3)35-20/h7-14,24,33H,1-6H3/t24-/m0/s1. The van der Waals surface area contributed by atoms with Crippen LogP contribution in [0.25, 0.3) is 10.2 Å². The lowest BCUT2D eigenvalue weighted by molar-refractivity contribution is -0.117. The van der Waals surface area contributed by atoms with Gasteiger partial charge in [0.05, 0.1) is 21.8 Å². The number of anilines is 1. The molecule has 0 unspecified atom stereocenters. The second-order valence-electron chi connectivity index (χ2n) is 10.4. The summed E-state index contributed by atoms with van der Waals surface area (Å²) in [5.41, 5.74) is 4.66. The van der Waals surface area contributed by atoms with Crippen molar-refractivity contribution in [2.24, 2.45) is 0 Å². The molecule has 2 aromatic carbocycles. The Morgan fingerprint density at radius 3 is 2.36 bits per heavy atom. The summed E-state index contributed by atoms with van der Waals surface area (Å²) in [6.45, 7) is 12.1. The number of aliphatic hydroxyl groups is 1. The molecule has 0 spiro atoms. The number of nitrogens with zero attached hydrogens (tertiary/aromatic N) is 2. The molecule has 7 heteroatoms. The summed E-state index contributed by atoms with van der Waals surface area (Å²) < 4.78 is 6.51. The molecule has 0 fully saturated rings. The van der Waals surface area contributed by atoms with Crippen LogP contribution < -0.4 is 4.90 Å². The number of hydrogen-bond acceptors (Lipinski definition) is 6. The number of Topliss-reactive ketones (excluding diaryl/α,β-unsaturated/α-hetero) is 1. The van der Waals surface area contributed by atoms with Gasteiger partial charge in [-0.3, -0.25) is 14.5 Å². The maximum atomic E-state index is 13.6. The number of aryl methyl sites for hydroxylation is 3. The van der Waals surface area contributed by atoms with Gasteiger partial charge in [-0.15, -0.1) is 0 Å². The van der Waals surface area contributed by atoms with Crippen LogP contribution in [-0.2, 0) is 10.2 Å². The molecule has 1 atom stereocenters. The Hall–Kier alpha value is -3.71. The number of ketones is 1. The number of aliphatic hydroxyl groups excluding tert-OH is 1. The molecular formula is C29H28N2O4S. The van der Waals surface area contributed by atoms with Crippen LogP contribution in [0.2, 0.25) is 0 Å². The largest absolute Gasteiger partial charge is 0.503 e. The first-order chi connectivity index (χ1) is 17.0. The molecule has 1 aliphatic heterocycles. The Morgan fingerprint density at radius 1 is 1.06 bits per heavy atom. The molecule has 1 amide bonds. The fourth-order valence-electron chi connectivity index (χ4n) is 4.67. The number of fused-ring (bicyclic) bond motifs is 1. The first kappa shape index (κ1) is 24.0. The highest BCUT2D eigenvalue weighted by molar-refractivity contribution is 7.22. The third kappa shape index (κ3) is 3.93. The molecule has 1 aliphatic rings. The summed E-state index contributed by atoms with van der Waals surface area (Å²) >= 11 is 1.37. The van der Waals surface area contributed by atoms with E-state index in [0.717, 1.165) is 26.9 Å². The molecule has 0 saturated heterocycles. The summed E-state index contributed by atoms with van der Waals surface area (Å²) in [6, 6.07) is 14.3. The van der Waals surface area contributed by atoms with Crippen LogP contribution in [0.3, 0.4) is 0 Å². The molecule has 0 aliphatic carbocycles. The topological polar surface area (TPSA) is 83.6 Å². The second kappa shape index (κ2) is 8.45. The lowest BCUT2D eigenvalue weighted by Gasteiger charge is -2.25. The molecule has 0 radical (unpaired) electrons. The van der Waals surface area contributed by atoms with Crippen LogP contribution in [0.15, 0.2) is 64.3 Å². The lowest BCUT2D eigenvalue weighted by atomic mass is 9.85. The molecule has 3 heterocycles. The van der Waals surface area contributed by atoms with Crippen LogP contribution in [-0.4, -0.2) is 21.8 Å². The average Bonchev–Trinajstić information content (AvgIpc) is 3.49. The quantitative estimate of drug-likeness (QED) is 0.308. The van der Waals surface area contributed by atoms with E-state index < -0.39 is 23.5 Å². The first-order valence-corrected chi connectivity index (χ1v) is 12.6. The summed E-state index contributed by atoms with van der Waals surface area (Å²) in [4.78, 5) is 33.3. The number of thiazole rings is 1. The number of carbonyl (C=O) groups excluding carboxylic acids is 2. The van der Waals surface area contributed by atoms with Crippen molar-refractivity contribution in [1.82, 2.24) is 4.98 Å². The summed E-state index contributed by atoms with van der Waals surface area (Å²) in [5.74, 6) is -1.10. The van der Waals surface area contributed by atoms with Crippen molar-refractivity contribution in [2.45, 2.75) is 53.0 Å². The Labute approximate surface area is 213 Å². The van der Waals surface area contributed by atoms with Crippen LogP contribution in [0.4, 0.5) is 5.13 Å². The van der Waals surface area contributed by atoms with E-state index in [1.54, 1.807) is 19.1 Å². The number of hydrogen-bond donors (Lipinski definition) is 1. The Balaban J connectivity index is 1.68. The number of rotatable bonds is 4. The van der Waals surface area contributed by atoms with Crippen LogP contribution in [0.5, 0.6) is 0 Å². The number of carbonyl (C=O) groups is 2. The van der Waals surface area contributed by atoms with Crippen LogP contribution in [0, 0.1) is 20.8 Å². The van der Waals surface area contributed by atoms with Crippen molar-refractivity contribution in [1.29, 1.82) is 0 Å². The van der Waals surface area contributed by atoms with Gasteiger partial charge in [-0.25, -0.2) is 4.98 Å². The summed E-state index contributed by atoms with van der Waals surface area (Å²) in [7, 11) is 0. The fraction of sp³-hybridized carbons (Fsp3) is 0.276.